The van der Waals surface area contributed by atoms with Gasteiger partial charge in [0.2, 0.25) is 0 Å². The van der Waals surface area contributed by atoms with Gasteiger partial charge in [0.25, 0.3) is 0 Å². The Morgan fingerprint density at radius 1 is 0.919 bits per heavy atom. The number of nitriles is 1. The van der Waals surface area contributed by atoms with Crippen molar-refractivity contribution in [2.24, 2.45) is 0 Å². The predicted octanol–water partition coefficient (Wildman–Crippen LogP) is 7.79. The van der Waals surface area contributed by atoms with Crippen molar-refractivity contribution in [2.45, 2.75) is 20.6 Å². The maximum Gasteiger partial charge on any atom is 0.121 e. The summed E-state index contributed by atoms with van der Waals surface area (Å²) in [4.78, 5) is 8.45. The SMILES string of the molecule is Cc1cc2oc3c(-c4ccccn4)[c-]ccc3c2cc1C#N.[2H]C([2H])([2H])c1c[c-]c(-c2ccc(C([2H])([2H])[2H])cn2)cc1.[Ir]. The molecule has 3 aromatic carbocycles. The molecule has 3 heterocycles. The molecule has 6 aromatic rings. The number of hydrogen-bond donors (Lipinski definition) is 0. The summed E-state index contributed by atoms with van der Waals surface area (Å²) in [5.41, 5.74) is 6.33. The van der Waals surface area contributed by atoms with E-state index in [2.05, 4.69) is 28.2 Å². The first-order valence-corrected chi connectivity index (χ1v) is 11.1. The Labute approximate surface area is 238 Å². The van der Waals surface area contributed by atoms with Crippen LogP contribution < -0.4 is 0 Å². The van der Waals surface area contributed by atoms with Crippen LogP contribution in [-0.4, -0.2) is 9.97 Å². The van der Waals surface area contributed by atoms with Crippen LogP contribution in [0.3, 0.4) is 0 Å². The Hall–Kier alpha value is -4.10. The molecular weight excluding hydrogens is 635 g/mol. The smallest absolute Gasteiger partial charge is 0.121 e. The van der Waals surface area contributed by atoms with E-state index in [-0.39, 0.29) is 31.2 Å². The molecule has 0 spiro atoms. The normalized spacial score (nSPS) is 13.4. The third-order valence-electron chi connectivity index (χ3n) is 5.67. The zero-order chi connectivity index (χ0) is 30.1. The van der Waals surface area contributed by atoms with E-state index in [1.54, 1.807) is 18.3 Å². The van der Waals surface area contributed by atoms with Crippen molar-refractivity contribution < 1.29 is 32.7 Å². The van der Waals surface area contributed by atoms with Crippen molar-refractivity contribution in [3.8, 4) is 28.6 Å². The molecule has 1 radical (unpaired) electrons. The minimum atomic E-state index is -2.18. The summed E-state index contributed by atoms with van der Waals surface area (Å²) in [5.74, 6) is 0. The molecule has 0 saturated heterocycles. The standard InChI is InChI=1S/C19H11N2O.C13H12N.Ir/c1-12-9-18-16(10-13(12)11-20)14-5-4-6-15(19(14)22-18)17-7-2-3-8-21-17;1-10-3-6-12(7-4-10)13-8-5-11(2)9-14-13;/h2-5,7-10H,1H3;3-6,8-9H,1-2H3;/q2*-1;/i;1D3,2D3;. The molecule has 37 heavy (non-hydrogen) atoms. The molecule has 3 aromatic heterocycles. The van der Waals surface area contributed by atoms with Crippen molar-refractivity contribution >= 4 is 21.9 Å². The van der Waals surface area contributed by atoms with E-state index in [0.717, 1.165) is 38.8 Å². The van der Waals surface area contributed by atoms with Crippen molar-refractivity contribution in [3.63, 3.8) is 0 Å². The number of aryl methyl sites for hydroxylation is 3. The van der Waals surface area contributed by atoms with Crippen LogP contribution in [0.25, 0.3) is 44.5 Å². The molecule has 0 aliphatic heterocycles. The second kappa shape index (κ2) is 11.3. The van der Waals surface area contributed by atoms with Gasteiger partial charge in [-0.05, 0) is 54.5 Å². The molecule has 5 heteroatoms. The van der Waals surface area contributed by atoms with Gasteiger partial charge in [0.15, 0.2) is 0 Å². The molecular formula is C32H23IrN3O-2. The van der Waals surface area contributed by atoms with Gasteiger partial charge in [-0.3, -0.25) is 0 Å². The fourth-order valence-electron chi connectivity index (χ4n) is 3.85. The molecule has 183 valence electrons. The zero-order valence-corrected chi connectivity index (χ0v) is 22.1. The number of rotatable bonds is 2. The second-order valence-electron chi connectivity index (χ2n) is 8.11. The summed E-state index contributed by atoms with van der Waals surface area (Å²) in [6.07, 6.45) is 3.05. The fraction of sp³-hybridized carbons (Fsp3) is 0.0938. The Kier molecular flexibility index (Phi) is 5.83. The van der Waals surface area contributed by atoms with Crippen LogP contribution >= 0.6 is 0 Å². The van der Waals surface area contributed by atoms with Gasteiger partial charge in [0.1, 0.15) is 5.58 Å². The first-order chi connectivity index (χ1) is 20.0. The minimum absolute atomic E-state index is 0. The van der Waals surface area contributed by atoms with E-state index < -0.39 is 13.7 Å². The minimum Gasteiger partial charge on any atom is -0.501 e. The van der Waals surface area contributed by atoms with Crippen LogP contribution in [0.4, 0.5) is 0 Å². The van der Waals surface area contributed by atoms with E-state index >= 15 is 0 Å². The van der Waals surface area contributed by atoms with Crippen LogP contribution in [0.5, 0.6) is 0 Å². The fourth-order valence-corrected chi connectivity index (χ4v) is 3.85. The summed E-state index contributed by atoms with van der Waals surface area (Å²) >= 11 is 0. The van der Waals surface area contributed by atoms with Gasteiger partial charge in [-0.15, -0.1) is 53.6 Å². The summed E-state index contributed by atoms with van der Waals surface area (Å²) in [7, 11) is 0. The van der Waals surface area contributed by atoms with Crippen LogP contribution in [0.1, 0.15) is 30.5 Å². The number of benzene rings is 3. The van der Waals surface area contributed by atoms with Crippen LogP contribution in [0.2, 0.25) is 0 Å². The zero-order valence-electron chi connectivity index (χ0n) is 25.7. The Bertz CT molecular complexity index is 1850. The molecule has 0 saturated carbocycles. The Balaban J connectivity index is 0.000000194. The molecule has 0 aliphatic carbocycles. The van der Waals surface area contributed by atoms with Gasteiger partial charge in [-0.1, -0.05) is 42.1 Å². The van der Waals surface area contributed by atoms with E-state index in [1.807, 2.05) is 49.4 Å². The average Bonchev–Trinajstić information content (AvgIpc) is 3.34. The topological polar surface area (TPSA) is 62.7 Å². The van der Waals surface area contributed by atoms with Crippen LogP contribution in [0.15, 0.2) is 89.6 Å². The van der Waals surface area contributed by atoms with Gasteiger partial charge >= 0.3 is 0 Å². The third-order valence-corrected chi connectivity index (χ3v) is 5.67. The average molecular weight is 664 g/mol. The van der Waals surface area contributed by atoms with Gasteiger partial charge in [0, 0.05) is 46.1 Å². The van der Waals surface area contributed by atoms with Crippen LogP contribution in [0, 0.1) is 44.1 Å². The molecule has 0 amide bonds. The maximum atomic E-state index is 9.22. The summed E-state index contributed by atoms with van der Waals surface area (Å²) in [6.45, 7) is -2.43. The largest absolute Gasteiger partial charge is 0.501 e. The van der Waals surface area contributed by atoms with Crippen molar-refractivity contribution in [2.75, 3.05) is 0 Å². The maximum absolute atomic E-state index is 9.22. The van der Waals surface area contributed by atoms with Crippen molar-refractivity contribution in [1.82, 2.24) is 9.97 Å². The Morgan fingerprint density at radius 3 is 2.46 bits per heavy atom. The second-order valence-corrected chi connectivity index (χ2v) is 8.11. The van der Waals surface area contributed by atoms with Crippen molar-refractivity contribution in [1.29, 1.82) is 5.26 Å². The number of furan rings is 1. The molecule has 0 aliphatic rings. The molecule has 0 N–H and O–H groups in total. The van der Waals surface area contributed by atoms with E-state index in [1.165, 1.54) is 24.4 Å². The molecule has 0 unspecified atom stereocenters. The summed E-state index contributed by atoms with van der Waals surface area (Å²) < 4.78 is 49.7. The first-order valence-electron chi connectivity index (χ1n) is 14.1. The van der Waals surface area contributed by atoms with E-state index in [0.29, 0.717) is 16.8 Å². The van der Waals surface area contributed by atoms with Gasteiger partial charge in [0.05, 0.1) is 17.2 Å². The third kappa shape index (κ3) is 5.52. The number of nitrogens with zero attached hydrogens (tertiary/aromatic N) is 3. The van der Waals surface area contributed by atoms with Crippen LogP contribution in [-0.2, 0) is 20.1 Å². The molecule has 0 fully saturated rings. The molecule has 6 rings (SSSR count). The molecule has 0 atom stereocenters. The quantitative estimate of drug-likeness (QED) is 0.178. The monoisotopic (exact) mass is 664 g/mol. The number of hydrogen-bond acceptors (Lipinski definition) is 4. The van der Waals surface area contributed by atoms with Gasteiger partial charge in [-0.2, -0.15) is 5.26 Å². The summed E-state index contributed by atoms with van der Waals surface area (Å²) in [6, 6.07) is 29.3. The number of fused-ring (bicyclic) bond motifs is 3. The summed E-state index contributed by atoms with van der Waals surface area (Å²) in [5, 5.41) is 11.1. The van der Waals surface area contributed by atoms with Crippen molar-refractivity contribution in [3.05, 3.63) is 120 Å². The Morgan fingerprint density at radius 2 is 1.78 bits per heavy atom. The number of aromatic nitrogens is 2. The predicted molar refractivity (Wildman–Crippen MR) is 143 cm³/mol. The first kappa shape index (κ1) is 19.1. The van der Waals surface area contributed by atoms with Gasteiger partial charge < -0.3 is 14.4 Å². The molecule has 0 bridgehead atoms. The van der Waals surface area contributed by atoms with E-state index in [9.17, 15) is 5.26 Å². The molecule has 4 nitrogen and oxygen atoms in total. The van der Waals surface area contributed by atoms with Gasteiger partial charge in [-0.25, -0.2) is 0 Å². The van der Waals surface area contributed by atoms with E-state index in [4.69, 9.17) is 12.6 Å². The number of pyridine rings is 2.